The molecule has 1 aromatic heterocycles. The first-order valence-electron chi connectivity index (χ1n) is 7.43. The van der Waals surface area contributed by atoms with Crippen molar-refractivity contribution >= 4 is 30.8 Å². The fraction of sp³-hybridized carbons (Fsp3) is 0.375. The lowest BCUT2D eigenvalue weighted by Crippen LogP contribution is -2.21. The van der Waals surface area contributed by atoms with Gasteiger partial charge in [-0.15, -0.1) is 0 Å². The zero-order valence-corrected chi connectivity index (χ0v) is 13.2. The van der Waals surface area contributed by atoms with Crippen LogP contribution in [-0.2, 0) is 6.42 Å². The van der Waals surface area contributed by atoms with Crippen molar-refractivity contribution < 1.29 is 4.74 Å². The SMILES string of the molecule is [B]c1c(C)c(Nc2nc(C)cc(NC)n2)cc2c1OCCC2. The van der Waals surface area contributed by atoms with Crippen LogP contribution in [0.2, 0.25) is 0 Å². The van der Waals surface area contributed by atoms with Crippen molar-refractivity contribution in [3.05, 3.63) is 29.0 Å². The summed E-state index contributed by atoms with van der Waals surface area (Å²) in [6.45, 7) is 4.65. The maximum Gasteiger partial charge on any atom is 0.229 e. The highest BCUT2D eigenvalue weighted by molar-refractivity contribution is 6.36. The number of nitrogens with one attached hydrogen (secondary N) is 2. The minimum absolute atomic E-state index is 0.559. The van der Waals surface area contributed by atoms with Gasteiger partial charge < -0.3 is 15.4 Å². The van der Waals surface area contributed by atoms with Crippen LogP contribution in [0.15, 0.2) is 12.1 Å². The molecule has 0 atom stereocenters. The number of aryl methyl sites for hydroxylation is 2. The van der Waals surface area contributed by atoms with Gasteiger partial charge in [-0.1, -0.05) is 5.46 Å². The van der Waals surface area contributed by atoms with Gasteiger partial charge in [0.05, 0.1) is 6.61 Å². The fourth-order valence-electron chi connectivity index (χ4n) is 2.63. The summed E-state index contributed by atoms with van der Waals surface area (Å²) in [5.41, 5.74) is 4.61. The van der Waals surface area contributed by atoms with Crippen LogP contribution < -0.4 is 20.8 Å². The first kappa shape index (κ1) is 14.7. The largest absolute Gasteiger partial charge is 0.494 e. The summed E-state index contributed by atoms with van der Waals surface area (Å²) in [7, 11) is 8.06. The van der Waals surface area contributed by atoms with Gasteiger partial charge >= 0.3 is 0 Å². The molecule has 2 aromatic rings. The van der Waals surface area contributed by atoms with E-state index in [4.69, 9.17) is 12.6 Å². The summed E-state index contributed by atoms with van der Waals surface area (Å²) < 4.78 is 5.70. The number of ether oxygens (including phenoxy) is 1. The molecule has 112 valence electrons. The van der Waals surface area contributed by atoms with Crippen molar-refractivity contribution in [1.29, 1.82) is 0 Å². The Morgan fingerprint density at radius 1 is 1.23 bits per heavy atom. The van der Waals surface area contributed by atoms with Crippen LogP contribution >= 0.6 is 0 Å². The Balaban J connectivity index is 1.99. The van der Waals surface area contributed by atoms with Crippen LogP contribution in [0.3, 0.4) is 0 Å². The molecule has 2 heterocycles. The smallest absolute Gasteiger partial charge is 0.229 e. The highest BCUT2D eigenvalue weighted by Gasteiger charge is 2.17. The number of fused-ring (bicyclic) bond motifs is 1. The van der Waals surface area contributed by atoms with Crippen molar-refractivity contribution in [3.8, 4) is 5.75 Å². The standard InChI is InChI=1S/C16H19BN4O/c1-9-7-13(18-3)21-16(19-9)20-12-8-11-5-4-6-22-15(11)14(17)10(12)2/h7-8H,4-6H2,1-3H3,(H2,18,19,20,21). The molecule has 0 fully saturated rings. The summed E-state index contributed by atoms with van der Waals surface area (Å²) in [5, 5.41) is 6.32. The molecule has 0 bridgehead atoms. The highest BCUT2D eigenvalue weighted by Crippen LogP contribution is 2.29. The topological polar surface area (TPSA) is 59.1 Å². The third-order valence-corrected chi connectivity index (χ3v) is 3.86. The predicted octanol–water partition coefficient (Wildman–Crippen LogP) is 2.00. The molecule has 0 saturated carbocycles. The molecule has 0 amide bonds. The molecule has 0 saturated heterocycles. The number of hydrogen-bond donors (Lipinski definition) is 2. The van der Waals surface area contributed by atoms with Gasteiger partial charge in [-0.05, 0) is 43.9 Å². The quantitative estimate of drug-likeness (QED) is 0.848. The van der Waals surface area contributed by atoms with Crippen LogP contribution in [-0.4, -0.2) is 31.5 Å². The Kier molecular flexibility index (Phi) is 3.92. The van der Waals surface area contributed by atoms with Crippen LogP contribution in [0.4, 0.5) is 17.5 Å². The lowest BCUT2D eigenvalue weighted by Gasteiger charge is -2.23. The maximum absolute atomic E-state index is 6.23. The van der Waals surface area contributed by atoms with E-state index < -0.39 is 0 Å². The van der Waals surface area contributed by atoms with Gasteiger partial charge in [0.15, 0.2) is 0 Å². The molecule has 5 nitrogen and oxygen atoms in total. The van der Waals surface area contributed by atoms with Gasteiger partial charge in [-0.25, -0.2) is 4.98 Å². The molecular weight excluding hydrogens is 275 g/mol. The van der Waals surface area contributed by atoms with E-state index in [-0.39, 0.29) is 0 Å². The van der Waals surface area contributed by atoms with Crippen LogP contribution in [0.1, 0.15) is 23.2 Å². The third-order valence-electron chi connectivity index (χ3n) is 3.86. The second kappa shape index (κ2) is 5.87. The number of nitrogens with zero attached hydrogens (tertiary/aromatic N) is 2. The van der Waals surface area contributed by atoms with E-state index in [2.05, 4.69) is 26.7 Å². The second-order valence-corrected chi connectivity index (χ2v) is 5.50. The van der Waals surface area contributed by atoms with E-state index in [9.17, 15) is 0 Å². The normalized spacial score (nSPS) is 13.2. The molecule has 1 aromatic carbocycles. The van der Waals surface area contributed by atoms with Gasteiger partial charge in [-0.2, -0.15) is 4.98 Å². The summed E-state index contributed by atoms with van der Waals surface area (Å²) in [5.74, 6) is 2.17. The van der Waals surface area contributed by atoms with Crippen LogP contribution in [0, 0.1) is 13.8 Å². The number of anilines is 3. The molecule has 22 heavy (non-hydrogen) atoms. The molecule has 2 N–H and O–H groups in total. The van der Waals surface area contributed by atoms with Crippen LogP contribution in [0.5, 0.6) is 5.75 Å². The average molecular weight is 294 g/mol. The van der Waals surface area contributed by atoms with Crippen molar-refractivity contribution in [1.82, 2.24) is 9.97 Å². The van der Waals surface area contributed by atoms with E-state index in [1.54, 1.807) is 0 Å². The number of rotatable bonds is 3. The Morgan fingerprint density at radius 2 is 2.05 bits per heavy atom. The Labute approximate surface area is 131 Å². The molecule has 1 aliphatic heterocycles. The lowest BCUT2D eigenvalue weighted by molar-refractivity contribution is 0.291. The molecule has 6 heteroatoms. The lowest BCUT2D eigenvalue weighted by atomic mass is 9.85. The van der Waals surface area contributed by atoms with Crippen molar-refractivity contribution in [2.24, 2.45) is 0 Å². The van der Waals surface area contributed by atoms with Gasteiger partial charge in [0, 0.05) is 24.5 Å². The zero-order valence-electron chi connectivity index (χ0n) is 13.2. The zero-order chi connectivity index (χ0) is 15.7. The summed E-state index contributed by atoms with van der Waals surface area (Å²) in [4.78, 5) is 8.85. The second-order valence-electron chi connectivity index (χ2n) is 5.50. The number of hydrogen-bond acceptors (Lipinski definition) is 5. The molecule has 0 unspecified atom stereocenters. The minimum Gasteiger partial charge on any atom is -0.494 e. The summed E-state index contributed by atoms with van der Waals surface area (Å²) >= 11 is 0. The monoisotopic (exact) mass is 294 g/mol. The Hall–Kier alpha value is -2.24. The summed E-state index contributed by atoms with van der Waals surface area (Å²) in [6, 6.07) is 3.98. The third kappa shape index (κ3) is 2.73. The van der Waals surface area contributed by atoms with Gasteiger partial charge in [0.2, 0.25) is 5.95 Å². The highest BCUT2D eigenvalue weighted by atomic mass is 16.5. The van der Waals surface area contributed by atoms with Crippen LogP contribution in [0.25, 0.3) is 0 Å². The van der Waals surface area contributed by atoms with E-state index in [0.717, 1.165) is 53.5 Å². The van der Waals surface area contributed by atoms with E-state index >= 15 is 0 Å². The van der Waals surface area contributed by atoms with Crippen molar-refractivity contribution in [2.45, 2.75) is 26.7 Å². The first-order valence-corrected chi connectivity index (χ1v) is 7.43. The van der Waals surface area contributed by atoms with Crippen molar-refractivity contribution in [2.75, 3.05) is 24.3 Å². The minimum atomic E-state index is 0.559. The number of benzene rings is 1. The first-order chi connectivity index (χ1) is 10.6. The van der Waals surface area contributed by atoms with Crippen molar-refractivity contribution in [3.63, 3.8) is 0 Å². The van der Waals surface area contributed by atoms with E-state index in [1.807, 2.05) is 27.0 Å². The maximum atomic E-state index is 6.23. The number of aromatic nitrogens is 2. The Bertz CT molecular complexity index is 718. The molecule has 3 rings (SSSR count). The summed E-state index contributed by atoms with van der Waals surface area (Å²) in [6.07, 6.45) is 1.99. The van der Waals surface area contributed by atoms with E-state index in [1.165, 1.54) is 0 Å². The molecular formula is C16H19BN4O. The molecule has 1 aliphatic rings. The molecule has 2 radical (unpaired) electrons. The van der Waals surface area contributed by atoms with Gasteiger partial charge in [0.1, 0.15) is 19.4 Å². The molecule has 0 spiro atoms. The van der Waals surface area contributed by atoms with Gasteiger partial charge in [0.25, 0.3) is 0 Å². The molecule has 0 aliphatic carbocycles. The van der Waals surface area contributed by atoms with Gasteiger partial charge in [-0.3, -0.25) is 0 Å². The van der Waals surface area contributed by atoms with E-state index in [0.29, 0.717) is 11.4 Å². The average Bonchev–Trinajstić information content (AvgIpc) is 2.52. The fourth-order valence-corrected chi connectivity index (χ4v) is 2.63. The Morgan fingerprint density at radius 3 is 2.82 bits per heavy atom. The predicted molar refractivity (Wildman–Crippen MR) is 90.0 cm³/mol.